The summed E-state index contributed by atoms with van der Waals surface area (Å²) >= 11 is 0. The third-order valence-electron chi connectivity index (χ3n) is 4.47. The summed E-state index contributed by atoms with van der Waals surface area (Å²) in [4.78, 5) is 4.49. The summed E-state index contributed by atoms with van der Waals surface area (Å²) in [6.45, 7) is 0.148. The molecule has 1 heterocycles. The Bertz CT molecular complexity index is 621. The molecule has 4 nitrogen and oxygen atoms in total. The third-order valence-corrected chi connectivity index (χ3v) is 4.47. The second-order valence-electron chi connectivity index (χ2n) is 5.87. The van der Waals surface area contributed by atoms with Gasteiger partial charge in [0.25, 0.3) is 0 Å². The SMILES string of the molecule is COc1ccc2ccnc(NC3(CO)CCCCC3)c2c1. The zero-order valence-corrected chi connectivity index (χ0v) is 12.4. The van der Waals surface area contributed by atoms with Gasteiger partial charge in [-0.15, -0.1) is 0 Å². The number of hydrogen-bond donors (Lipinski definition) is 2. The normalized spacial score (nSPS) is 17.6. The monoisotopic (exact) mass is 286 g/mol. The molecule has 1 saturated carbocycles. The van der Waals surface area contributed by atoms with Crippen molar-refractivity contribution >= 4 is 16.6 Å². The van der Waals surface area contributed by atoms with Crippen molar-refractivity contribution in [3.8, 4) is 5.75 Å². The van der Waals surface area contributed by atoms with Gasteiger partial charge in [0.15, 0.2) is 0 Å². The third kappa shape index (κ3) is 2.81. The van der Waals surface area contributed by atoms with Crippen molar-refractivity contribution in [1.29, 1.82) is 0 Å². The molecule has 0 saturated heterocycles. The Morgan fingerprint density at radius 1 is 1.24 bits per heavy atom. The molecule has 2 N–H and O–H groups in total. The predicted molar refractivity (Wildman–Crippen MR) is 84.8 cm³/mol. The summed E-state index contributed by atoms with van der Waals surface area (Å²) in [6.07, 6.45) is 7.35. The van der Waals surface area contributed by atoms with E-state index in [1.54, 1.807) is 7.11 Å². The van der Waals surface area contributed by atoms with Crippen LogP contribution in [-0.2, 0) is 0 Å². The Morgan fingerprint density at radius 2 is 2.05 bits per heavy atom. The van der Waals surface area contributed by atoms with Crippen LogP contribution in [0.1, 0.15) is 32.1 Å². The van der Waals surface area contributed by atoms with Crippen LogP contribution in [0.3, 0.4) is 0 Å². The topological polar surface area (TPSA) is 54.4 Å². The fourth-order valence-electron chi connectivity index (χ4n) is 3.18. The lowest BCUT2D eigenvalue weighted by Crippen LogP contribution is -2.44. The van der Waals surface area contributed by atoms with Gasteiger partial charge in [-0.2, -0.15) is 0 Å². The van der Waals surface area contributed by atoms with E-state index in [1.165, 1.54) is 6.42 Å². The first-order valence-corrected chi connectivity index (χ1v) is 7.58. The lowest BCUT2D eigenvalue weighted by atomic mass is 9.82. The highest BCUT2D eigenvalue weighted by Crippen LogP contribution is 2.34. The molecular weight excluding hydrogens is 264 g/mol. The van der Waals surface area contributed by atoms with Crippen LogP contribution in [0.25, 0.3) is 10.8 Å². The smallest absolute Gasteiger partial charge is 0.134 e. The highest BCUT2D eigenvalue weighted by molar-refractivity contribution is 5.93. The van der Waals surface area contributed by atoms with Gasteiger partial charge in [0.05, 0.1) is 19.3 Å². The second-order valence-corrected chi connectivity index (χ2v) is 5.87. The van der Waals surface area contributed by atoms with Crippen molar-refractivity contribution in [3.05, 3.63) is 30.5 Å². The average Bonchev–Trinajstić information content (AvgIpc) is 2.55. The molecule has 0 bridgehead atoms. The van der Waals surface area contributed by atoms with Gasteiger partial charge >= 0.3 is 0 Å². The maximum atomic E-state index is 9.86. The summed E-state index contributed by atoms with van der Waals surface area (Å²) in [5.74, 6) is 1.66. The van der Waals surface area contributed by atoms with Crippen molar-refractivity contribution in [2.75, 3.05) is 19.0 Å². The minimum Gasteiger partial charge on any atom is -0.497 e. The van der Waals surface area contributed by atoms with Crippen LogP contribution >= 0.6 is 0 Å². The fraction of sp³-hybridized carbons (Fsp3) is 0.471. The summed E-state index contributed by atoms with van der Waals surface area (Å²) < 4.78 is 5.31. The molecule has 1 fully saturated rings. The zero-order chi connectivity index (χ0) is 14.7. The van der Waals surface area contributed by atoms with Crippen molar-refractivity contribution < 1.29 is 9.84 Å². The van der Waals surface area contributed by atoms with Crippen molar-refractivity contribution in [2.45, 2.75) is 37.6 Å². The molecule has 1 aromatic heterocycles. The molecule has 0 unspecified atom stereocenters. The van der Waals surface area contributed by atoms with E-state index in [9.17, 15) is 5.11 Å². The predicted octanol–water partition coefficient (Wildman–Crippen LogP) is 3.35. The highest BCUT2D eigenvalue weighted by atomic mass is 16.5. The van der Waals surface area contributed by atoms with Gasteiger partial charge in [-0.25, -0.2) is 4.98 Å². The van der Waals surface area contributed by atoms with E-state index in [4.69, 9.17) is 4.74 Å². The van der Waals surface area contributed by atoms with Crippen molar-refractivity contribution in [3.63, 3.8) is 0 Å². The first kappa shape index (κ1) is 14.1. The number of rotatable bonds is 4. The molecule has 0 spiro atoms. The molecule has 112 valence electrons. The molecule has 1 aliphatic rings. The van der Waals surface area contributed by atoms with E-state index >= 15 is 0 Å². The molecule has 1 aromatic carbocycles. The van der Waals surface area contributed by atoms with E-state index in [0.29, 0.717) is 0 Å². The minimum absolute atomic E-state index is 0.148. The number of pyridine rings is 1. The number of nitrogens with one attached hydrogen (secondary N) is 1. The van der Waals surface area contributed by atoms with Crippen LogP contribution in [0.4, 0.5) is 5.82 Å². The highest BCUT2D eigenvalue weighted by Gasteiger charge is 2.31. The van der Waals surface area contributed by atoms with Gasteiger partial charge in [-0.1, -0.05) is 25.3 Å². The van der Waals surface area contributed by atoms with Gasteiger partial charge in [0.2, 0.25) is 0 Å². The molecular formula is C17H22N2O2. The Balaban J connectivity index is 1.99. The van der Waals surface area contributed by atoms with E-state index < -0.39 is 0 Å². The number of methoxy groups -OCH3 is 1. The number of ether oxygens (including phenoxy) is 1. The van der Waals surface area contributed by atoms with Gasteiger partial charge in [0, 0.05) is 11.6 Å². The van der Waals surface area contributed by atoms with Crippen LogP contribution < -0.4 is 10.1 Å². The molecule has 3 rings (SSSR count). The van der Waals surface area contributed by atoms with Gasteiger partial charge in [-0.3, -0.25) is 0 Å². The van der Waals surface area contributed by atoms with E-state index in [0.717, 1.165) is 48.0 Å². The summed E-state index contributed by atoms with van der Waals surface area (Å²) in [7, 11) is 1.67. The number of nitrogens with zero attached hydrogens (tertiary/aromatic N) is 1. The molecule has 0 radical (unpaired) electrons. The molecule has 4 heteroatoms. The molecule has 1 aliphatic carbocycles. The number of aliphatic hydroxyl groups is 1. The second kappa shape index (κ2) is 5.90. The van der Waals surface area contributed by atoms with Crippen LogP contribution in [0.5, 0.6) is 5.75 Å². The van der Waals surface area contributed by atoms with Crippen LogP contribution in [-0.4, -0.2) is 29.3 Å². The number of benzene rings is 1. The minimum atomic E-state index is -0.234. The summed E-state index contributed by atoms with van der Waals surface area (Å²) in [5, 5.41) is 15.5. The largest absolute Gasteiger partial charge is 0.497 e. The summed E-state index contributed by atoms with van der Waals surface area (Å²) in [6, 6.07) is 7.98. The first-order chi connectivity index (χ1) is 10.3. The van der Waals surface area contributed by atoms with Crippen molar-refractivity contribution in [2.24, 2.45) is 0 Å². The molecule has 21 heavy (non-hydrogen) atoms. The maximum Gasteiger partial charge on any atom is 0.134 e. The fourth-order valence-corrected chi connectivity index (χ4v) is 3.18. The first-order valence-electron chi connectivity index (χ1n) is 7.58. The Labute approximate surface area is 125 Å². The van der Waals surface area contributed by atoms with Crippen LogP contribution in [0.2, 0.25) is 0 Å². The van der Waals surface area contributed by atoms with Crippen LogP contribution in [0.15, 0.2) is 30.5 Å². The van der Waals surface area contributed by atoms with Gasteiger partial charge < -0.3 is 15.2 Å². The standard InChI is InChI=1S/C17H22N2O2/c1-21-14-6-5-13-7-10-18-16(15(13)11-14)19-17(12-20)8-3-2-4-9-17/h5-7,10-11,20H,2-4,8-9,12H2,1H3,(H,18,19). The molecule has 2 aromatic rings. The van der Waals surface area contributed by atoms with Crippen molar-refractivity contribution in [1.82, 2.24) is 4.98 Å². The van der Waals surface area contributed by atoms with Crippen LogP contribution in [0, 0.1) is 0 Å². The lowest BCUT2D eigenvalue weighted by Gasteiger charge is -2.37. The number of aromatic nitrogens is 1. The Kier molecular flexibility index (Phi) is 3.97. The number of hydrogen-bond acceptors (Lipinski definition) is 4. The zero-order valence-electron chi connectivity index (χ0n) is 12.4. The van der Waals surface area contributed by atoms with E-state index in [2.05, 4.69) is 10.3 Å². The Hall–Kier alpha value is -1.81. The van der Waals surface area contributed by atoms with E-state index in [-0.39, 0.29) is 12.1 Å². The maximum absolute atomic E-state index is 9.86. The lowest BCUT2D eigenvalue weighted by molar-refractivity contribution is 0.172. The average molecular weight is 286 g/mol. The number of aliphatic hydroxyl groups excluding tert-OH is 1. The Morgan fingerprint density at radius 3 is 2.76 bits per heavy atom. The molecule has 0 amide bonds. The quantitative estimate of drug-likeness (QED) is 0.905. The molecule has 0 atom stereocenters. The summed E-state index contributed by atoms with van der Waals surface area (Å²) in [5.41, 5.74) is -0.234. The number of anilines is 1. The van der Waals surface area contributed by atoms with E-state index in [1.807, 2.05) is 30.5 Å². The van der Waals surface area contributed by atoms with Gasteiger partial charge in [-0.05, 0) is 36.4 Å². The van der Waals surface area contributed by atoms with Gasteiger partial charge in [0.1, 0.15) is 11.6 Å². The number of fused-ring (bicyclic) bond motifs is 1. The molecule has 0 aliphatic heterocycles.